The van der Waals surface area contributed by atoms with Crippen LogP contribution in [0.25, 0.3) is 5.52 Å². The highest BCUT2D eigenvalue weighted by atomic mass is 16.7. The third kappa shape index (κ3) is 4.38. The van der Waals surface area contributed by atoms with E-state index in [9.17, 15) is 5.11 Å². The van der Waals surface area contributed by atoms with E-state index >= 15 is 0 Å². The van der Waals surface area contributed by atoms with E-state index in [0.717, 1.165) is 16.7 Å². The highest BCUT2D eigenvalue weighted by Gasteiger charge is 2.90. The maximum Gasteiger partial charge on any atom is 0.243 e. The van der Waals surface area contributed by atoms with Gasteiger partial charge in [0.15, 0.2) is 17.0 Å². The largest absolute Gasteiger partial charge is 0.382 e. The Kier molecular flexibility index (Phi) is 6.68. The van der Waals surface area contributed by atoms with Crippen molar-refractivity contribution in [2.24, 2.45) is 0 Å². The molecule has 0 amide bonds. The summed E-state index contributed by atoms with van der Waals surface area (Å²) in [7, 11) is 0. The summed E-state index contributed by atoms with van der Waals surface area (Å²) in [4.78, 5) is 4.07. The second kappa shape index (κ2) is 10.4. The van der Waals surface area contributed by atoms with Crippen molar-refractivity contribution in [1.82, 2.24) is 14.6 Å². The van der Waals surface area contributed by atoms with E-state index in [1.54, 1.807) is 19.1 Å². The molecular weight excluding hydrogens is 546 g/mol. The maximum atomic E-state index is 12.6. The Bertz CT molecular complexity index is 1740. The Morgan fingerprint density at radius 3 is 1.95 bits per heavy atom. The molecule has 220 valence electrons. The Morgan fingerprint density at radius 1 is 0.791 bits per heavy atom. The van der Waals surface area contributed by atoms with Crippen LogP contribution in [0.15, 0.2) is 103 Å². The Morgan fingerprint density at radius 2 is 1.35 bits per heavy atom. The molecule has 5 atom stereocenters. The molecule has 10 heteroatoms. The van der Waals surface area contributed by atoms with Gasteiger partial charge in [0.05, 0.1) is 19.8 Å². The van der Waals surface area contributed by atoms with Gasteiger partial charge in [-0.05, 0) is 35.7 Å². The van der Waals surface area contributed by atoms with E-state index < -0.39 is 29.2 Å². The van der Waals surface area contributed by atoms with Crippen molar-refractivity contribution in [3.8, 4) is 0 Å². The van der Waals surface area contributed by atoms with Crippen LogP contribution in [0.1, 0.15) is 29.3 Å². The van der Waals surface area contributed by atoms with Gasteiger partial charge in [0.1, 0.15) is 23.4 Å². The van der Waals surface area contributed by atoms with E-state index in [0.29, 0.717) is 12.1 Å². The Labute approximate surface area is 248 Å². The molecule has 1 saturated carbocycles. The number of hydrogen-bond acceptors (Lipinski definition) is 9. The summed E-state index contributed by atoms with van der Waals surface area (Å²) in [6, 6.07) is 32.9. The lowest BCUT2D eigenvalue weighted by Crippen LogP contribution is -2.60. The number of benzene rings is 3. The van der Waals surface area contributed by atoms with Crippen LogP contribution in [0.5, 0.6) is 0 Å². The highest BCUT2D eigenvalue weighted by molar-refractivity contribution is 5.67. The number of ether oxygens (including phenoxy) is 4. The number of anilines is 2. The van der Waals surface area contributed by atoms with Crippen LogP contribution in [0, 0.1) is 0 Å². The van der Waals surface area contributed by atoms with Crippen molar-refractivity contribution in [1.29, 1.82) is 0 Å². The lowest BCUT2D eigenvalue weighted by Gasteiger charge is -2.44. The zero-order chi connectivity index (χ0) is 29.7. The Balaban J connectivity index is 1.32. The average molecular weight is 580 g/mol. The van der Waals surface area contributed by atoms with E-state index in [-0.39, 0.29) is 30.7 Å². The summed E-state index contributed by atoms with van der Waals surface area (Å²) in [5.74, 6) is -1.90. The van der Waals surface area contributed by atoms with Crippen molar-refractivity contribution >= 4 is 17.3 Å². The summed E-state index contributed by atoms with van der Waals surface area (Å²) in [6.45, 7) is 2.58. The van der Waals surface area contributed by atoms with Gasteiger partial charge < -0.3 is 35.5 Å². The smallest absolute Gasteiger partial charge is 0.243 e. The third-order valence-corrected chi connectivity index (χ3v) is 8.57. The molecule has 10 nitrogen and oxygen atoms in total. The van der Waals surface area contributed by atoms with E-state index in [1.807, 2.05) is 91.0 Å². The molecular formula is C33H33N5O5. The first-order chi connectivity index (χ1) is 20.9. The molecule has 5 aromatic rings. The lowest BCUT2D eigenvalue weighted by molar-refractivity contribution is -0.325. The van der Waals surface area contributed by atoms with Crippen LogP contribution in [-0.2, 0) is 44.6 Å². The fourth-order valence-electron chi connectivity index (χ4n) is 6.22. The zero-order valence-corrected chi connectivity index (χ0v) is 23.7. The van der Waals surface area contributed by atoms with Crippen molar-refractivity contribution in [3.63, 3.8) is 0 Å². The minimum atomic E-state index is -2.03. The van der Waals surface area contributed by atoms with Crippen molar-refractivity contribution in [2.45, 2.75) is 55.9 Å². The zero-order valence-electron chi connectivity index (χ0n) is 23.7. The highest BCUT2D eigenvalue weighted by Crippen LogP contribution is 2.67. The summed E-state index contributed by atoms with van der Waals surface area (Å²) in [6.07, 6.45) is -1.19. The second-order valence-electron chi connectivity index (χ2n) is 11.1. The summed E-state index contributed by atoms with van der Waals surface area (Å²) >= 11 is 0. The van der Waals surface area contributed by atoms with Crippen LogP contribution in [0.4, 0.5) is 11.8 Å². The standard InChI is InChI=1S/C33H33N5O5/c1-31(41-20-23-13-7-3-8-14-23)32(42-21-24-15-9-4-10-16-24)27(40-19-22-11-5-2-6-12-22)28(32)43-33(31,39)26-18-17-25-29(34)36-30(35)37-38(25)26/h2-18,27-28,39H,19-21H2,1H3,(H4,34,35,36,37)/t27?,28-,31-,32-,33+/m1/s1. The Hall–Kier alpha value is -4.32. The lowest BCUT2D eigenvalue weighted by atomic mass is 9.85. The first-order valence-electron chi connectivity index (χ1n) is 14.2. The SMILES string of the molecule is C[C@]1(OCc2ccccc2)[C@](O)(c2ccc3c(N)nc(N)nn23)O[C@@H]2C(OCc3ccccc3)[C@@]21OCc1ccccc1. The van der Waals surface area contributed by atoms with Crippen LogP contribution in [-0.4, -0.2) is 43.1 Å². The van der Waals surface area contributed by atoms with Gasteiger partial charge >= 0.3 is 0 Å². The first-order valence-corrected chi connectivity index (χ1v) is 14.2. The quantitative estimate of drug-likeness (QED) is 0.224. The predicted molar refractivity (Wildman–Crippen MR) is 159 cm³/mol. The van der Waals surface area contributed by atoms with Crippen molar-refractivity contribution in [3.05, 3.63) is 126 Å². The third-order valence-electron chi connectivity index (χ3n) is 8.57. The van der Waals surface area contributed by atoms with Crippen molar-refractivity contribution < 1.29 is 24.1 Å². The van der Waals surface area contributed by atoms with Crippen LogP contribution < -0.4 is 11.5 Å². The number of hydrogen-bond donors (Lipinski definition) is 3. The van der Waals surface area contributed by atoms with Gasteiger partial charge in [-0.1, -0.05) is 91.0 Å². The number of nitrogens with two attached hydrogens (primary N) is 2. The molecule has 2 aliphatic rings. The molecule has 7 rings (SSSR count). The van der Waals surface area contributed by atoms with Gasteiger partial charge in [0.25, 0.3) is 0 Å². The number of aromatic nitrogens is 3. The molecule has 2 fully saturated rings. The topological polar surface area (TPSA) is 139 Å². The molecule has 0 bridgehead atoms. The van der Waals surface area contributed by atoms with Gasteiger partial charge in [-0.15, -0.1) is 5.10 Å². The minimum Gasteiger partial charge on any atom is -0.382 e. The van der Waals surface area contributed by atoms with Crippen LogP contribution >= 0.6 is 0 Å². The summed E-state index contributed by atoms with van der Waals surface area (Å²) < 4.78 is 28.0. The van der Waals surface area contributed by atoms with Gasteiger partial charge in [-0.25, -0.2) is 4.52 Å². The molecule has 5 N–H and O–H groups in total. The second-order valence-corrected chi connectivity index (χ2v) is 11.1. The number of nitrogens with zero attached hydrogens (tertiary/aromatic N) is 3. The first kappa shape index (κ1) is 27.5. The van der Waals surface area contributed by atoms with Crippen LogP contribution in [0.3, 0.4) is 0 Å². The molecule has 0 spiro atoms. The predicted octanol–water partition coefficient (Wildman–Crippen LogP) is 3.97. The number of nitrogen functional groups attached to an aromatic ring is 2. The van der Waals surface area contributed by atoms with E-state index in [2.05, 4.69) is 10.1 Å². The normalized spacial score (nSPS) is 27.8. The molecule has 0 radical (unpaired) electrons. The number of rotatable bonds is 10. The minimum absolute atomic E-state index is 0.0415. The number of aliphatic hydroxyl groups is 1. The molecule has 1 aliphatic heterocycles. The van der Waals surface area contributed by atoms with Gasteiger partial charge in [-0.2, -0.15) is 4.98 Å². The molecule has 1 unspecified atom stereocenters. The molecule has 3 aromatic carbocycles. The fourth-order valence-corrected chi connectivity index (χ4v) is 6.22. The molecule has 2 aromatic heterocycles. The summed E-state index contributed by atoms with van der Waals surface area (Å²) in [5.41, 5.74) is 13.1. The maximum absolute atomic E-state index is 12.6. The van der Waals surface area contributed by atoms with E-state index in [4.69, 9.17) is 30.4 Å². The van der Waals surface area contributed by atoms with E-state index in [1.165, 1.54) is 4.52 Å². The fraction of sp³-hybridized carbons (Fsp3) is 0.273. The van der Waals surface area contributed by atoms with Gasteiger partial charge in [0.2, 0.25) is 11.7 Å². The van der Waals surface area contributed by atoms with Crippen LogP contribution in [0.2, 0.25) is 0 Å². The van der Waals surface area contributed by atoms with Crippen molar-refractivity contribution in [2.75, 3.05) is 11.5 Å². The average Bonchev–Trinajstić information content (AvgIpc) is 3.30. The molecule has 43 heavy (non-hydrogen) atoms. The van der Waals surface area contributed by atoms with Gasteiger partial charge in [0, 0.05) is 0 Å². The van der Waals surface area contributed by atoms with Gasteiger partial charge in [-0.3, -0.25) is 0 Å². The monoisotopic (exact) mass is 579 g/mol. The molecule has 1 saturated heterocycles. The number of fused-ring (bicyclic) bond motifs is 2. The summed E-state index contributed by atoms with van der Waals surface area (Å²) in [5, 5.41) is 17.0. The molecule has 3 heterocycles. The molecule has 1 aliphatic carbocycles.